The van der Waals surface area contributed by atoms with Crippen LogP contribution in [0.4, 0.5) is 0 Å². The topological polar surface area (TPSA) is 48.9 Å². The number of methoxy groups -OCH3 is 1. The molecule has 26 heavy (non-hydrogen) atoms. The fourth-order valence-electron chi connectivity index (χ4n) is 3.18. The van der Waals surface area contributed by atoms with Crippen molar-refractivity contribution in [2.75, 3.05) is 40.3 Å². The van der Waals surface area contributed by atoms with Crippen LogP contribution in [0, 0.1) is 0 Å². The number of likely N-dealkylation sites (tertiary alicyclic amines) is 1. The second-order valence-electron chi connectivity index (χ2n) is 6.86. The maximum atomic E-state index is 6.30. The van der Waals surface area contributed by atoms with Crippen molar-refractivity contribution in [1.82, 2.24) is 15.5 Å². The summed E-state index contributed by atoms with van der Waals surface area (Å²) in [6.45, 7) is 10.1. The number of halogens is 1. The molecule has 0 bridgehead atoms. The smallest absolute Gasteiger partial charge is 0.191 e. The SMILES string of the molecule is C=C(C)CN1CCC(NC(=NC)NCCc2ccc(OC)cc2Cl)CC1. The third-order valence-corrected chi connectivity index (χ3v) is 4.94. The van der Waals surface area contributed by atoms with Crippen molar-refractivity contribution in [3.8, 4) is 5.75 Å². The van der Waals surface area contributed by atoms with Gasteiger partial charge in [0, 0.05) is 44.3 Å². The van der Waals surface area contributed by atoms with Crippen molar-refractivity contribution >= 4 is 17.6 Å². The molecule has 2 N–H and O–H groups in total. The zero-order valence-corrected chi connectivity index (χ0v) is 16.9. The highest BCUT2D eigenvalue weighted by molar-refractivity contribution is 6.31. The molecule has 0 saturated carbocycles. The van der Waals surface area contributed by atoms with Crippen LogP contribution in [-0.2, 0) is 6.42 Å². The maximum absolute atomic E-state index is 6.30. The minimum absolute atomic E-state index is 0.465. The third kappa shape index (κ3) is 6.54. The Hall–Kier alpha value is -1.72. The number of aliphatic imine (C=N–C) groups is 1. The summed E-state index contributed by atoms with van der Waals surface area (Å²) in [5, 5.41) is 7.66. The molecule has 0 spiro atoms. The molecule has 0 aliphatic carbocycles. The zero-order chi connectivity index (χ0) is 18.9. The van der Waals surface area contributed by atoms with E-state index in [0.29, 0.717) is 6.04 Å². The van der Waals surface area contributed by atoms with Gasteiger partial charge in [-0.25, -0.2) is 0 Å². The predicted octanol–water partition coefficient (Wildman–Crippen LogP) is 3.10. The molecule has 1 aliphatic heterocycles. The number of hydrogen-bond donors (Lipinski definition) is 2. The van der Waals surface area contributed by atoms with Crippen molar-refractivity contribution in [2.45, 2.75) is 32.2 Å². The predicted molar refractivity (Wildman–Crippen MR) is 110 cm³/mol. The second kappa shape index (κ2) is 10.4. The summed E-state index contributed by atoms with van der Waals surface area (Å²) < 4.78 is 5.19. The summed E-state index contributed by atoms with van der Waals surface area (Å²) in [6, 6.07) is 6.26. The number of rotatable bonds is 7. The first-order chi connectivity index (χ1) is 12.5. The van der Waals surface area contributed by atoms with Gasteiger partial charge < -0.3 is 15.4 Å². The largest absolute Gasteiger partial charge is 0.497 e. The zero-order valence-electron chi connectivity index (χ0n) is 16.1. The number of guanidine groups is 1. The van der Waals surface area contributed by atoms with Gasteiger partial charge in [0.25, 0.3) is 0 Å². The quantitative estimate of drug-likeness (QED) is 0.435. The van der Waals surface area contributed by atoms with Crippen LogP contribution in [0.15, 0.2) is 35.3 Å². The summed E-state index contributed by atoms with van der Waals surface area (Å²) in [7, 11) is 3.46. The van der Waals surface area contributed by atoms with Crippen LogP contribution in [0.3, 0.4) is 0 Å². The summed E-state index contributed by atoms with van der Waals surface area (Å²) in [5.41, 5.74) is 2.33. The van der Waals surface area contributed by atoms with E-state index in [0.717, 1.165) is 67.7 Å². The van der Waals surface area contributed by atoms with E-state index >= 15 is 0 Å². The van der Waals surface area contributed by atoms with Crippen LogP contribution in [0.5, 0.6) is 5.75 Å². The first-order valence-corrected chi connectivity index (χ1v) is 9.56. The van der Waals surface area contributed by atoms with Gasteiger partial charge in [0.05, 0.1) is 7.11 Å². The van der Waals surface area contributed by atoms with Gasteiger partial charge in [-0.3, -0.25) is 9.89 Å². The Labute approximate surface area is 162 Å². The molecule has 2 rings (SSSR count). The molecule has 0 aromatic heterocycles. The number of ether oxygens (including phenoxy) is 1. The van der Waals surface area contributed by atoms with Crippen molar-refractivity contribution in [1.29, 1.82) is 0 Å². The van der Waals surface area contributed by atoms with E-state index in [4.69, 9.17) is 16.3 Å². The molecule has 0 atom stereocenters. The lowest BCUT2D eigenvalue weighted by molar-refractivity contribution is 0.221. The maximum Gasteiger partial charge on any atom is 0.191 e. The Kier molecular flexibility index (Phi) is 8.26. The molecule has 1 saturated heterocycles. The van der Waals surface area contributed by atoms with Gasteiger partial charge >= 0.3 is 0 Å². The average molecular weight is 379 g/mol. The molecule has 1 aromatic rings. The number of piperidine rings is 1. The van der Waals surface area contributed by atoms with Crippen LogP contribution >= 0.6 is 11.6 Å². The van der Waals surface area contributed by atoms with Crippen LogP contribution in [0.2, 0.25) is 5.02 Å². The Morgan fingerprint density at radius 2 is 2.12 bits per heavy atom. The van der Waals surface area contributed by atoms with E-state index in [9.17, 15) is 0 Å². The van der Waals surface area contributed by atoms with Crippen molar-refractivity contribution in [2.24, 2.45) is 4.99 Å². The molecule has 1 aromatic carbocycles. The number of benzene rings is 1. The van der Waals surface area contributed by atoms with Gasteiger partial charge in [0.15, 0.2) is 5.96 Å². The van der Waals surface area contributed by atoms with Crippen molar-refractivity contribution in [3.05, 3.63) is 40.9 Å². The first-order valence-electron chi connectivity index (χ1n) is 9.18. The number of nitrogens with zero attached hydrogens (tertiary/aromatic N) is 2. The molecule has 0 radical (unpaired) electrons. The van der Waals surface area contributed by atoms with E-state index in [1.54, 1.807) is 7.11 Å². The second-order valence-corrected chi connectivity index (χ2v) is 7.27. The van der Waals surface area contributed by atoms with E-state index in [1.165, 1.54) is 5.57 Å². The Morgan fingerprint density at radius 3 is 2.69 bits per heavy atom. The minimum atomic E-state index is 0.465. The van der Waals surface area contributed by atoms with Crippen LogP contribution in [0.1, 0.15) is 25.3 Å². The molecule has 5 nitrogen and oxygen atoms in total. The van der Waals surface area contributed by atoms with Gasteiger partial charge in [-0.1, -0.05) is 29.8 Å². The standard InChI is InChI=1S/C20H31ClN4O/c1-15(2)14-25-11-8-17(9-12-25)24-20(22-3)23-10-7-16-5-6-18(26-4)13-19(16)21/h5-6,13,17H,1,7-12,14H2,2-4H3,(H2,22,23,24). The summed E-state index contributed by atoms with van der Waals surface area (Å²) in [4.78, 5) is 6.80. The van der Waals surface area contributed by atoms with Crippen LogP contribution < -0.4 is 15.4 Å². The molecule has 1 aliphatic rings. The highest BCUT2D eigenvalue weighted by atomic mass is 35.5. The fourth-order valence-corrected chi connectivity index (χ4v) is 3.44. The molecular weight excluding hydrogens is 348 g/mol. The highest BCUT2D eigenvalue weighted by Crippen LogP contribution is 2.22. The van der Waals surface area contributed by atoms with Gasteiger partial charge in [0.2, 0.25) is 0 Å². The Morgan fingerprint density at radius 1 is 1.38 bits per heavy atom. The van der Waals surface area contributed by atoms with Crippen LogP contribution in [-0.4, -0.2) is 57.2 Å². The molecule has 0 amide bonds. The Bertz CT molecular complexity index is 624. The first kappa shape index (κ1) is 20.6. The third-order valence-electron chi connectivity index (χ3n) is 4.59. The summed E-state index contributed by atoms with van der Waals surface area (Å²) in [6.07, 6.45) is 3.08. The van der Waals surface area contributed by atoms with Crippen LogP contribution in [0.25, 0.3) is 0 Å². The molecule has 6 heteroatoms. The number of hydrogen-bond acceptors (Lipinski definition) is 3. The summed E-state index contributed by atoms with van der Waals surface area (Å²) in [5.74, 6) is 1.63. The van der Waals surface area contributed by atoms with E-state index in [1.807, 2.05) is 25.2 Å². The number of nitrogens with one attached hydrogen (secondary N) is 2. The molecule has 0 unspecified atom stereocenters. The lowest BCUT2D eigenvalue weighted by atomic mass is 10.0. The lowest BCUT2D eigenvalue weighted by Crippen LogP contribution is -2.49. The van der Waals surface area contributed by atoms with E-state index < -0.39 is 0 Å². The summed E-state index contributed by atoms with van der Waals surface area (Å²) >= 11 is 6.30. The molecule has 144 valence electrons. The van der Waals surface area contributed by atoms with Gasteiger partial charge in [-0.2, -0.15) is 0 Å². The lowest BCUT2D eigenvalue weighted by Gasteiger charge is -2.33. The van der Waals surface area contributed by atoms with Gasteiger partial charge in [0.1, 0.15) is 5.75 Å². The van der Waals surface area contributed by atoms with E-state index in [2.05, 4.69) is 34.0 Å². The highest BCUT2D eigenvalue weighted by Gasteiger charge is 2.19. The molecule has 1 fully saturated rings. The van der Waals surface area contributed by atoms with Crippen molar-refractivity contribution < 1.29 is 4.74 Å². The fraction of sp³-hybridized carbons (Fsp3) is 0.550. The van der Waals surface area contributed by atoms with Gasteiger partial charge in [-0.05, 0) is 43.9 Å². The normalized spacial score (nSPS) is 16.4. The van der Waals surface area contributed by atoms with Crippen molar-refractivity contribution in [3.63, 3.8) is 0 Å². The Balaban J connectivity index is 1.74. The average Bonchev–Trinajstić information content (AvgIpc) is 2.63. The molecular formula is C20H31ClN4O. The van der Waals surface area contributed by atoms with Gasteiger partial charge in [-0.15, -0.1) is 0 Å². The molecule has 1 heterocycles. The monoisotopic (exact) mass is 378 g/mol. The minimum Gasteiger partial charge on any atom is -0.497 e. The van der Waals surface area contributed by atoms with E-state index in [-0.39, 0.29) is 0 Å².